The summed E-state index contributed by atoms with van der Waals surface area (Å²) in [6.45, 7) is 1.73. The number of alkyl halides is 3. The molecular weight excluding hydrogens is 503 g/mol. The van der Waals surface area contributed by atoms with Crippen molar-refractivity contribution in [2.24, 2.45) is 10.7 Å². The van der Waals surface area contributed by atoms with Crippen LogP contribution in [0.3, 0.4) is 0 Å². The molecule has 3 N–H and O–H groups in total. The molecule has 0 atom stereocenters. The van der Waals surface area contributed by atoms with E-state index in [-0.39, 0.29) is 32.4 Å². The minimum atomic E-state index is -4.75. The average molecular weight is 522 g/mol. The molecule has 182 valence electrons. The minimum Gasteiger partial charge on any atom is -0.465 e. The van der Waals surface area contributed by atoms with Crippen LogP contribution in [0.4, 0.5) is 24.5 Å². The summed E-state index contributed by atoms with van der Waals surface area (Å²) in [7, 11) is 1.24. The second-order valence-electron chi connectivity index (χ2n) is 7.19. The van der Waals surface area contributed by atoms with Gasteiger partial charge in [-0.3, -0.25) is 4.79 Å². The molecule has 0 aliphatic rings. The van der Waals surface area contributed by atoms with Crippen LogP contribution in [0.15, 0.2) is 70.7 Å². The van der Waals surface area contributed by atoms with Crippen molar-refractivity contribution in [3.8, 4) is 0 Å². The zero-order chi connectivity index (χ0) is 25.8. The van der Waals surface area contributed by atoms with E-state index in [1.165, 1.54) is 31.4 Å². The molecule has 0 radical (unpaired) electrons. The third-order valence-corrected chi connectivity index (χ3v) is 6.14. The van der Waals surface area contributed by atoms with Gasteiger partial charge in [-0.1, -0.05) is 35.9 Å². The van der Waals surface area contributed by atoms with Crippen molar-refractivity contribution in [3.05, 3.63) is 92.3 Å². The number of hydrogen-bond acceptors (Lipinski definition) is 6. The number of anilines is 1. The Kier molecular flexibility index (Phi) is 7.98. The van der Waals surface area contributed by atoms with Crippen LogP contribution in [0.5, 0.6) is 0 Å². The molecule has 6 nitrogen and oxygen atoms in total. The molecule has 2 aromatic carbocycles. The summed E-state index contributed by atoms with van der Waals surface area (Å²) >= 11 is 7.24. The summed E-state index contributed by atoms with van der Waals surface area (Å²) < 4.78 is 44.0. The molecule has 3 rings (SSSR count). The van der Waals surface area contributed by atoms with Crippen LogP contribution in [-0.4, -0.2) is 30.9 Å². The van der Waals surface area contributed by atoms with Gasteiger partial charge in [0.05, 0.1) is 29.2 Å². The van der Waals surface area contributed by atoms with Crippen LogP contribution in [-0.2, 0) is 4.74 Å². The second-order valence-corrected chi connectivity index (χ2v) is 8.48. The number of ether oxygens (including phenoxy) is 1. The first-order valence-corrected chi connectivity index (χ1v) is 11.2. The van der Waals surface area contributed by atoms with Crippen LogP contribution in [0.25, 0.3) is 0 Å². The number of nitrogens with zero attached hydrogens (tertiary/aromatic N) is 1. The van der Waals surface area contributed by atoms with Gasteiger partial charge in [-0.2, -0.15) is 13.2 Å². The van der Waals surface area contributed by atoms with Crippen LogP contribution >= 0.6 is 22.9 Å². The number of esters is 1. The summed E-state index contributed by atoms with van der Waals surface area (Å²) in [6, 6.07) is 12.1. The summed E-state index contributed by atoms with van der Waals surface area (Å²) in [5, 5.41) is 4.63. The van der Waals surface area contributed by atoms with Crippen molar-refractivity contribution in [2.45, 2.75) is 13.1 Å². The maximum absolute atomic E-state index is 13.1. The van der Waals surface area contributed by atoms with Crippen LogP contribution < -0.4 is 11.1 Å². The van der Waals surface area contributed by atoms with Gasteiger partial charge in [-0.15, -0.1) is 11.3 Å². The van der Waals surface area contributed by atoms with Crippen molar-refractivity contribution in [1.82, 2.24) is 0 Å². The molecule has 1 aromatic heterocycles. The number of nitrogens with one attached hydrogen (secondary N) is 1. The van der Waals surface area contributed by atoms with Gasteiger partial charge in [0.2, 0.25) is 0 Å². The van der Waals surface area contributed by atoms with Crippen LogP contribution in [0, 0.1) is 6.92 Å². The van der Waals surface area contributed by atoms with Crippen LogP contribution in [0.2, 0.25) is 5.02 Å². The quantitative estimate of drug-likeness (QED) is 0.295. The second kappa shape index (κ2) is 10.7. The number of para-hydroxylation sites is 1. The normalized spacial score (nSPS) is 12.4. The lowest BCUT2D eigenvalue weighted by molar-refractivity contribution is -0.0925. The van der Waals surface area contributed by atoms with E-state index in [0.29, 0.717) is 17.3 Å². The number of thiophene rings is 1. The molecule has 0 aliphatic carbocycles. The Hall–Kier alpha value is -3.63. The number of carbonyl (C=O) groups excluding carboxylic acids is 2. The SMILES string of the molecule is COC(=O)c1scc(C)c1NC(=O)c1ccc(C(C=C(N)C(F)(F)F)=Nc2ccccc2Cl)cc1. The molecule has 0 unspecified atom stereocenters. The Bertz CT molecular complexity index is 1320. The lowest BCUT2D eigenvalue weighted by Crippen LogP contribution is -2.21. The third kappa shape index (κ3) is 6.28. The summed E-state index contributed by atoms with van der Waals surface area (Å²) in [5.41, 5.74) is 5.53. The summed E-state index contributed by atoms with van der Waals surface area (Å²) in [4.78, 5) is 29.2. The van der Waals surface area contributed by atoms with Crippen molar-refractivity contribution < 1.29 is 27.5 Å². The van der Waals surface area contributed by atoms with Gasteiger partial charge in [0, 0.05) is 11.1 Å². The number of rotatable bonds is 6. The van der Waals surface area contributed by atoms with Gasteiger partial charge in [0.15, 0.2) is 0 Å². The first-order valence-electron chi connectivity index (χ1n) is 9.97. The number of amides is 1. The third-order valence-electron chi connectivity index (χ3n) is 4.74. The highest BCUT2D eigenvalue weighted by atomic mass is 35.5. The number of benzene rings is 2. The Labute approximate surface area is 207 Å². The average Bonchev–Trinajstić information content (AvgIpc) is 3.18. The Morgan fingerprint density at radius 1 is 1.11 bits per heavy atom. The molecule has 0 fully saturated rings. The number of aryl methyl sites for hydroxylation is 1. The summed E-state index contributed by atoms with van der Waals surface area (Å²) in [5.74, 6) is -1.10. The largest absolute Gasteiger partial charge is 0.465 e. The van der Waals surface area contributed by atoms with Gasteiger partial charge < -0.3 is 15.8 Å². The van der Waals surface area contributed by atoms with E-state index in [0.717, 1.165) is 11.3 Å². The molecule has 1 heterocycles. The molecule has 3 aromatic rings. The van der Waals surface area contributed by atoms with E-state index in [9.17, 15) is 22.8 Å². The number of hydrogen-bond donors (Lipinski definition) is 2. The van der Waals surface area contributed by atoms with Gasteiger partial charge in [0.25, 0.3) is 5.91 Å². The summed E-state index contributed by atoms with van der Waals surface area (Å²) in [6.07, 6.45) is -4.05. The maximum Gasteiger partial charge on any atom is 0.430 e. The number of carbonyl (C=O) groups is 2. The van der Waals surface area contributed by atoms with Crippen LogP contribution in [0.1, 0.15) is 31.2 Å². The fraction of sp³-hybridized carbons (Fsp3) is 0.125. The highest BCUT2D eigenvalue weighted by Crippen LogP contribution is 2.29. The van der Waals surface area contributed by atoms with E-state index in [1.54, 1.807) is 36.6 Å². The lowest BCUT2D eigenvalue weighted by Gasteiger charge is -2.10. The van der Waals surface area contributed by atoms with Crippen molar-refractivity contribution >= 4 is 51.9 Å². The number of aliphatic imine (C=N–C) groups is 1. The fourth-order valence-electron chi connectivity index (χ4n) is 2.90. The van der Waals surface area contributed by atoms with E-state index in [1.807, 2.05) is 0 Å². The predicted octanol–water partition coefficient (Wildman–Crippen LogP) is 6.27. The first-order chi connectivity index (χ1) is 16.5. The monoisotopic (exact) mass is 521 g/mol. The van der Waals surface area contributed by atoms with Gasteiger partial charge >= 0.3 is 12.1 Å². The first kappa shape index (κ1) is 26.0. The Morgan fingerprint density at radius 3 is 2.34 bits per heavy atom. The van der Waals surface area contributed by atoms with Crippen molar-refractivity contribution in [3.63, 3.8) is 0 Å². The minimum absolute atomic E-state index is 0.0958. The molecule has 11 heteroatoms. The number of nitrogens with two attached hydrogens (primary N) is 1. The van der Waals surface area contributed by atoms with Gasteiger partial charge in [0.1, 0.15) is 10.6 Å². The molecule has 0 spiro atoms. The molecule has 0 saturated heterocycles. The topological polar surface area (TPSA) is 93.8 Å². The molecule has 0 bridgehead atoms. The van der Waals surface area contributed by atoms with Gasteiger partial charge in [-0.05, 0) is 48.2 Å². The zero-order valence-corrected chi connectivity index (χ0v) is 20.0. The van der Waals surface area contributed by atoms with E-state index < -0.39 is 23.7 Å². The maximum atomic E-state index is 13.1. The standard InChI is InChI=1S/C24H19ClF3N3O3S/c1-13-12-35-21(23(33)34-2)20(13)31-22(32)15-9-7-14(8-10-15)18(11-19(29)24(26,27)28)30-17-6-4-3-5-16(17)25/h3-12H,29H2,1-2H3,(H,31,32). The highest BCUT2D eigenvalue weighted by molar-refractivity contribution is 7.12. The smallest absolute Gasteiger partial charge is 0.430 e. The zero-order valence-electron chi connectivity index (χ0n) is 18.4. The number of halogens is 4. The molecule has 0 saturated carbocycles. The predicted molar refractivity (Wildman–Crippen MR) is 131 cm³/mol. The van der Waals surface area contributed by atoms with Gasteiger partial charge in [-0.25, -0.2) is 9.79 Å². The molecule has 0 aliphatic heterocycles. The van der Waals surface area contributed by atoms with E-state index in [2.05, 4.69) is 10.3 Å². The molecular formula is C24H19ClF3N3O3S. The van der Waals surface area contributed by atoms with Crippen molar-refractivity contribution in [1.29, 1.82) is 0 Å². The van der Waals surface area contributed by atoms with E-state index >= 15 is 0 Å². The molecule has 1 amide bonds. The Balaban J connectivity index is 1.94. The fourth-order valence-corrected chi connectivity index (χ4v) is 4.00. The number of methoxy groups -OCH3 is 1. The Morgan fingerprint density at radius 2 is 1.74 bits per heavy atom. The van der Waals surface area contributed by atoms with E-state index in [4.69, 9.17) is 22.1 Å². The molecule has 35 heavy (non-hydrogen) atoms. The van der Waals surface area contributed by atoms with Crippen molar-refractivity contribution in [2.75, 3.05) is 12.4 Å². The lowest BCUT2D eigenvalue weighted by atomic mass is 10.1. The number of allylic oxidation sites excluding steroid dienone is 2. The highest BCUT2D eigenvalue weighted by Gasteiger charge is 2.31.